The van der Waals surface area contributed by atoms with Crippen molar-refractivity contribution in [3.05, 3.63) is 36.3 Å². The molecule has 206 valence electrons. The van der Waals surface area contributed by atoms with Crippen LogP contribution >= 0.6 is 0 Å². The van der Waals surface area contributed by atoms with Gasteiger partial charge in [-0.1, -0.05) is 13.8 Å². The predicted octanol–water partition coefficient (Wildman–Crippen LogP) is 4.19. The first kappa shape index (κ1) is 24.8. The number of piperidine rings is 1. The number of nitrogens with zero attached hydrogens (tertiary/aromatic N) is 7. The fourth-order valence-electron chi connectivity index (χ4n) is 6.71. The van der Waals surface area contributed by atoms with Crippen LogP contribution in [0.3, 0.4) is 0 Å². The number of halogens is 2. The second kappa shape index (κ2) is 8.66. The third kappa shape index (κ3) is 3.84. The fourth-order valence-corrected chi connectivity index (χ4v) is 6.71. The van der Waals surface area contributed by atoms with Crippen molar-refractivity contribution in [3.8, 4) is 0 Å². The number of fused-ring (bicyclic) bond motifs is 1. The van der Waals surface area contributed by atoms with Crippen molar-refractivity contribution in [2.75, 3.05) is 61.5 Å². The Labute approximate surface area is 226 Å². The molecule has 0 amide bonds. The molecule has 3 aromatic rings. The van der Waals surface area contributed by atoms with Crippen LogP contribution in [-0.4, -0.2) is 88.3 Å². The number of hydrogen-bond donors (Lipinski definition) is 1. The van der Waals surface area contributed by atoms with Gasteiger partial charge in [0.2, 0.25) is 5.95 Å². The quantitative estimate of drug-likeness (QED) is 0.516. The number of hydrogen-bond acceptors (Lipinski definition) is 9. The average molecular weight is 537 g/mol. The zero-order valence-corrected chi connectivity index (χ0v) is 22.6. The predicted molar refractivity (Wildman–Crippen MR) is 146 cm³/mol. The van der Waals surface area contributed by atoms with Gasteiger partial charge in [-0.3, -0.25) is 0 Å². The van der Waals surface area contributed by atoms with Crippen LogP contribution in [0.25, 0.3) is 10.8 Å². The van der Waals surface area contributed by atoms with Gasteiger partial charge in [-0.25, -0.2) is 23.7 Å². The van der Waals surface area contributed by atoms with Crippen LogP contribution in [0.2, 0.25) is 0 Å². The van der Waals surface area contributed by atoms with Crippen LogP contribution in [0.4, 0.5) is 32.2 Å². The summed E-state index contributed by atoms with van der Waals surface area (Å²) in [5.41, 5.74) is 0.0314. The van der Waals surface area contributed by atoms with Crippen LogP contribution in [0.15, 0.2) is 30.7 Å². The maximum atomic E-state index is 14.9. The van der Waals surface area contributed by atoms with E-state index in [1.54, 1.807) is 17.2 Å². The van der Waals surface area contributed by atoms with Gasteiger partial charge in [0.25, 0.3) is 5.92 Å². The van der Waals surface area contributed by atoms with E-state index in [-0.39, 0.29) is 17.9 Å². The van der Waals surface area contributed by atoms with Crippen molar-refractivity contribution in [3.63, 3.8) is 0 Å². The summed E-state index contributed by atoms with van der Waals surface area (Å²) in [6.07, 6.45) is 7.33. The fraction of sp³-hybridized carbons (Fsp3) is 0.571. The molecule has 4 fully saturated rings. The Morgan fingerprint density at radius 2 is 1.79 bits per heavy atom. The summed E-state index contributed by atoms with van der Waals surface area (Å²) in [4.78, 5) is 24.8. The van der Waals surface area contributed by atoms with Crippen LogP contribution in [0, 0.1) is 0 Å². The van der Waals surface area contributed by atoms with Crippen molar-refractivity contribution in [1.29, 1.82) is 0 Å². The number of likely N-dealkylation sites (N-methyl/N-ethyl adjacent to an activating group) is 1. The van der Waals surface area contributed by atoms with Gasteiger partial charge in [0, 0.05) is 63.0 Å². The molecule has 9 nitrogen and oxygen atoms in total. The minimum atomic E-state index is -2.95. The van der Waals surface area contributed by atoms with E-state index in [9.17, 15) is 8.78 Å². The summed E-state index contributed by atoms with van der Waals surface area (Å²) in [7, 11) is 2.16. The summed E-state index contributed by atoms with van der Waals surface area (Å²) in [5.74, 6) is -0.236. The molecule has 0 radical (unpaired) electrons. The lowest BCUT2D eigenvalue weighted by Crippen LogP contribution is -2.76. The van der Waals surface area contributed by atoms with Crippen LogP contribution in [0.1, 0.15) is 44.6 Å². The topological polar surface area (TPSA) is 82.5 Å². The molecule has 0 aliphatic carbocycles. The summed E-state index contributed by atoms with van der Waals surface area (Å²) in [6.45, 7) is 7.82. The molecular weight excluding hydrogens is 502 g/mol. The van der Waals surface area contributed by atoms with Gasteiger partial charge in [-0.2, -0.15) is 4.98 Å². The molecule has 11 heteroatoms. The molecule has 4 aliphatic heterocycles. The maximum absolute atomic E-state index is 14.9. The molecule has 2 spiro atoms. The van der Waals surface area contributed by atoms with E-state index in [1.165, 1.54) is 6.42 Å². The lowest BCUT2D eigenvalue weighted by atomic mass is 9.77. The molecule has 4 aliphatic rings. The highest BCUT2D eigenvalue weighted by molar-refractivity contribution is 5.96. The molecule has 0 bridgehead atoms. The van der Waals surface area contributed by atoms with E-state index in [0.717, 1.165) is 41.8 Å². The van der Waals surface area contributed by atoms with Gasteiger partial charge in [-0.05, 0) is 42.5 Å². The van der Waals surface area contributed by atoms with E-state index in [1.807, 2.05) is 18.5 Å². The molecule has 0 saturated carbocycles. The Bertz CT molecular complexity index is 1420. The van der Waals surface area contributed by atoms with E-state index in [0.29, 0.717) is 37.1 Å². The number of ether oxygens (including phenoxy) is 1. The first-order chi connectivity index (χ1) is 18.7. The largest absolute Gasteiger partial charge is 0.368 e. The Hall–Kier alpha value is -3.18. The van der Waals surface area contributed by atoms with Crippen molar-refractivity contribution < 1.29 is 13.5 Å². The standard InChI is InChI=1S/C28H34F2N8O/c1-18(2)20-13-33-24(38-10-5-26(38)15-36(3)16-26)21-14-32-23(12-19(20)21)34-22-4-8-31-25(35-22)37-9-6-27(7-11-39-27)28(29,30)17-37/h4,8,12-14,18H,5-7,9-11,15-17H2,1-3H3,(H,31,32,34,35)/t27-/m0/s1. The lowest BCUT2D eigenvalue weighted by Gasteiger charge is -2.62. The van der Waals surface area contributed by atoms with Gasteiger partial charge >= 0.3 is 0 Å². The minimum absolute atomic E-state index is 0.192. The van der Waals surface area contributed by atoms with E-state index in [2.05, 4.69) is 46.0 Å². The number of rotatable bonds is 5. The molecule has 39 heavy (non-hydrogen) atoms. The van der Waals surface area contributed by atoms with E-state index in [4.69, 9.17) is 14.7 Å². The third-order valence-corrected chi connectivity index (χ3v) is 9.07. The van der Waals surface area contributed by atoms with Gasteiger partial charge < -0.3 is 24.8 Å². The van der Waals surface area contributed by atoms with Gasteiger partial charge in [0.1, 0.15) is 23.1 Å². The van der Waals surface area contributed by atoms with Crippen LogP contribution < -0.4 is 15.1 Å². The Kier molecular flexibility index (Phi) is 5.51. The molecule has 7 rings (SSSR count). The monoisotopic (exact) mass is 536 g/mol. The van der Waals surface area contributed by atoms with Gasteiger partial charge in [-0.15, -0.1) is 0 Å². The second-order valence-electron chi connectivity index (χ2n) is 11.9. The highest BCUT2D eigenvalue weighted by Crippen LogP contribution is 2.47. The van der Waals surface area contributed by atoms with Gasteiger partial charge in [0.15, 0.2) is 0 Å². The van der Waals surface area contributed by atoms with Crippen molar-refractivity contribution in [2.45, 2.75) is 56.1 Å². The molecule has 1 atom stereocenters. The summed E-state index contributed by atoms with van der Waals surface area (Å²) >= 11 is 0. The summed E-state index contributed by atoms with van der Waals surface area (Å²) in [6, 6.07) is 3.77. The molecule has 3 aromatic heterocycles. The lowest BCUT2D eigenvalue weighted by molar-refractivity contribution is -0.276. The normalized spacial score (nSPS) is 25.6. The molecule has 0 unspecified atom stereocenters. The number of aromatic nitrogens is 4. The first-order valence-corrected chi connectivity index (χ1v) is 13.8. The van der Waals surface area contributed by atoms with Crippen molar-refractivity contribution in [2.24, 2.45) is 0 Å². The average Bonchev–Trinajstić information content (AvgIpc) is 2.84. The Morgan fingerprint density at radius 3 is 2.44 bits per heavy atom. The van der Waals surface area contributed by atoms with Crippen molar-refractivity contribution in [1.82, 2.24) is 24.8 Å². The Balaban J connectivity index is 1.16. The molecule has 1 N–H and O–H groups in total. The second-order valence-corrected chi connectivity index (χ2v) is 11.9. The minimum Gasteiger partial charge on any atom is -0.368 e. The summed E-state index contributed by atoms with van der Waals surface area (Å²) < 4.78 is 35.1. The summed E-state index contributed by atoms with van der Waals surface area (Å²) in [5, 5.41) is 5.44. The number of nitrogens with one attached hydrogen (secondary N) is 1. The van der Waals surface area contributed by atoms with Crippen LogP contribution in [-0.2, 0) is 4.74 Å². The number of alkyl halides is 2. The highest BCUT2D eigenvalue weighted by Gasteiger charge is 2.61. The number of likely N-dealkylation sites (tertiary alicyclic amines) is 1. The third-order valence-electron chi connectivity index (χ3n) is 9.07. The van der Waals surface area contributed by atoms with E-state index < -0.39 is 18.1 Å². The van der Waals surface area contributed by atoms with E-state index >= 15 is 0 Å². The number of pyridine rings is 2. The highest BCUT2D eigenvalue weighted by atomic mass is 19.3. The smallest absolute Gasteiger partial charge is 0.293 e. The number of anilines is 4. The van der Waals surface area contributed by atoms with Gasteiger partial charge in [0.05, 0.1) is 18.7 Å². The first-order valence-electron chi connectivity index (χ1n) is 13.8. The molecule has 0 aromatic carbocycles. The zero-order valence-electron chi connectivity index (χ0n) is 22.6. The molecule has 4 saturated heterocycles. The molecule has 7 heterocycles. The van der Waals surface area contributed by atoms with Crippen molar-refractivity contribution >= 4 is 34.2 Å². The van der Waals surface area contributed by atoms with Crippen LogP contribution in [0.5, 0.6) is 0 Å². The zero-order chi connectivity index (χ0) is 27.0. The maximum Gasteiger partial charge on any atom is 0.293 e. The molecular formula is C28H34F2N8O. The SMILES string of the molecule is CC(C)c1cnc(N2CCC23CN(C)C3)c2cnc(Nc3ccnc(N4CC[C@]5(CCO5)C(F)(F)C4)n3)cc12. The Morgan fingerprint density at radius 1 is 0.974 bits per heavy atom.